The van der Waals surface area contributed by atoms with E-state index in [4.69, 9.17) is 0 Å². The molecule has 0 aliphatic carbocycles. The van der Waals surface area contributed by atoms with E-state index in [2.05, 4.69) is 57.1 Å². The molecule has 0 radical (unpaired) electrons. The van der Waals surface area contributed by atoms with Crippen molar-refractivity contribution in [2.75, 3.05) is 0 Å². The molecule has 4 nitrogen and oxygen atoms in total. The molecule has 0 saturated heterocycles. The molecule has 0 saturated carbocycles. The van der Waals surface area contributed by atoms with Gasteiger partial charge in [-0.3, -0.25) is 5.10 Å². The normalized spacial score (nSPS) is 10.9. The number of benzene rings is 2. The fourth-order valence-electron chi connectivity index (χ4n) is 1.95. The third kappa shape index (κ3) is 2.38. The van der Waals surface area contributed by atoms with Gasteiger partial charge >= 0.3 is 0 Å². The van der Waals surface area contributed by atoms with E-state index >= 15 is 0 Å². The number of nitrogens with one attached hydrogen (secondary N) is 2. The highest BCUT2D eigenvalue weighted by atomic mass is 15.3. The van der Waals surface area contributed by atoms with Gasteiger partial charge < -0.3 is 5.32 Å². The maximum absolute atomic E-state index is 3.96. The Balaban J connectivity index is 1.62. The fourth-order valence-corrected chi connectivity index (χ4v) is 1.95. The summed E-state index contributed by atoms with van der Waals surface area (Å²) in [6.45, 7) is 1.71. The van der Waals surface area contributed by atoms with Crippen LogP contribution in [0.2, 0.25) is 0 Å². The molecule has 3 rings (SSSR count). The summed E-state index contributed by atoms with van der Waals surface area (Å²) in [6, 6.07) is 16.5. The van der Waals surface area contributed by atoms with Crippen LogP contribution in [0, 0.1) is 0 Å². The summed E-state index contributed by atoms with van der Waals surface area (Å²) in [4.78, 5) is 0. The third-order valence-corrected chi connectivity index (χ3v) is 2.89. The highest BCUT2D eigenvalue weighted by Crippen LogP contribution is 2.10. The fraction of sp³-hybridized carbons (Fsp3) is 0.143. The lowest BCUT2D eigenvalue weighted by atomic mass is 10.2. The van der Waals surface area contributed by atoms with E-state index in [9.17, 15) is 0 Å². The summed E-state index contributed by atoms with van der Waals surface area (Å²) < 4.78 is 0. The summed E-state index contributed by atoms with van der Waals surface area (Å²) in [5, 5.41) is 14.0. The number of aromatic nitrogens is 3. The monoisotopic (exact) mass is 238 g/mol. The average molecular weight is 238 g/mol. The maximum atomic E-state index is 3.96. The van der Waals surface area contributed by atoms with Gasteiger partial charge in [0.25, 0.3) is 0 Å². The van der Waals surface area contributed by atoms with Crippen LogP contribution in [0.15, 0.2) is 48.5 Å². The molecule has 0 unspecified atom stereocenters. The molecule has 0 amide bonds. The Labute approximate surface area is 105 Å². The molecule has 0 bridgehead atoms. The van der Waals surface area contributed by atoms with Gasteiger partial charge in [0, 0.05) is 13.1 Å². The Bertz CT molecular complexity index is 630. The minimum Gasteiger partial charge on any atom is -0.309 e. The van der Waals surface area contributed by atoms with Gasteiger partial charge in [0.1, 0.15) is 5.52 Å². The second-order valence-corrected chi connectivity index (χ2v) is 4.25. The van der Waals surface area contributed by atoms with E-state index in [1.165, 1.54) is 11.1 Å². The molecule has 2 N–H and O–H groups in total. The summed E-state index contributed by atoms with van der Waals surface area (Å²) in [5.41, 5.74) is 4.40. The van der Waals surface area contributed by atoms with Crippen molar-refractivity contribution in [2.24, 2.45) is 0 Å². The minimum absolute atomic E-state index is 0.837. The molecule has 4 heteroatoms. The predicted octanol–water partition coefficient (Wildman–Crippen LogP) is 2.25. The first-order valence-corrected chi connectivity index (χ1v) is 5.96. The number of nitrogens with zero attached hydrogens (tertiary/aromatic N) is 2. The maximum Gasteiger partial charge on any atom is 0.112 e. The van der Waals surface area contributed by atoms with Crippen LogP contribution in [-0.2, 0) is 13.1 Å². The largest absolute Gasteiger partial charge is 0.309 e. The van der Waals surface area contributed by atoms with Crippen LogP contribution in [0.3, 0.4) is 0 Å². The van der Waals surface area contributed by atoms with Gasteiger partial charge in [0.2, 0.25) is 0 Å². The molecule has 0 spiro atoms. The van der Waals surface area contributed by atoms with Crippen LogP contribution < -0.4 is 5.32 Å². The van der Waals surface area contributed by atoms with Gasteiger partial charge in [0.15, 0.2) is 0 Å². The topological polar surface area (TPSA) is 53.6 Å². The summed E-state index contributed by atoms with van der Waals surface area (Å²) in [5.74, 6) is 0. The first-order valence-electron chi connectivity index (χ1n) is 5.96. The molecular weight excluding hydrogens is 224 g/mol. The first-order chi connectivity index (χ1) is 8.92. The van der Waals surface area contributed by atoms with Crippen molar-refractivity contribution in [3.05, 3.63) is 59.7 Å². The third-order valence-electron chi connectivity index (χ3n) is 2.89. The lowest BCUT2D eigenvalue weighted by Gasteiger charge is -2.04. The van der Waals surface area contributed by atoms with Crippen molar-refractivity contribution in [1.82, 2.24) is 20.7 Å². The van der Waals surface area contributed by atoms with Crippen molar-refractivity contribution in [3.63, 3.8) is 0 Å². The summed E-state index contributed by atoms with van der Waals surface area (Å²) >= 11 is 0. The molecule has 0 aliphatic rings. The standard InChI is InChI=1S/C14H14N4/c1-2-4-11(5-3-1)9-15-10-12-6-7-13-14(8-12)17-18-16-13/h1-8,15H,9-10H2,(H,16,17,18). The molecular formula is C14H14N4. The quantitative estimate of drug-likeness (QED) is 0.733. The van der Waals surface area contributed by atoms with Crippen LogP contribution in [0.25, 0.3) is 11.0 Å². The second kappa shape index (κ2) is 4.98. The lowest BCUT2D eigenvalue weighted by Crippen LogP contribution is -2.12. The van der Waals surface area contributed by atoms with Gasteiger partial charge in [-0.25, -0.2) is 0 Å². The van der Waals surface area contributed by atoms with Gasteiger partial charge in [-0.2, -0.15) is 0 Å². The zero-order valence-electron chi connectivity index (χ0n) is 9.93. The van der Waals surface area contributed by atoms with E-state index in [0.717, 1.165) is 24.1 Å². The van der Waals surface area contributed by atoms with Crippen molar-refractivity contribution in [2.45, 2.75) is 13.1 Å². The van der Waals surface area contributed by atoms with Gasteiger partial charge in [-0.1, -0.05) is 41.6 Å². The number of fused-ring (bicyclic) bond motifs is 1. The lowest BCUT2D eigenvalue weighted by molar-refractivity contribution is 0.694. The predicted molar refractivity (Wildman–Crippen MR) is 70.9 cm³/mol. The zero-order valence-corrected chi connectivity index (χ0v) is 9.93. The van der Waals surface area contributed by atoms with Gasteiger partial charge in [-0.15, -0.1) is 5.10 Å². The molecule has 18 heavy (non-hydrogen) atoms. The molecule has 1 heterocycles. The van der Waals surface area contributed by atoms with Crippen LogP contribution in [0.4, 0.5) is 0 Å². The molecule has 90 valence electrons. The highest BCUT2D eigenvalue weighted by molar-refractivity contribution is 5.74. The van der Waals surface area contributed by atoms with E-state index in [0.29, 0.717) is 0 Å². The van der Waals surface area contributed by atoms with E-state index in [1.807, 2.05) is 12.1 Å². The molecule has 2 aromatic carbocycles. The Morgan fingerprint density at radius 1 is 0.944 bits per heavy atom. The molecule has 0 atom stereocenters. The summed E-state index contributed by atoms with van der Waals surface area (Å²) in [7, 11) is 0. The Morgan fingerprint density at radius 3 is 2.67 bits per heavy atom. The van der Waals surface area contributed by atoms with E-state index in [-0.39, 0.29) is 0 Å². The molecule has 0 fully saturated rings. The second-order valence-electron chi connectivity index (χ2n) is 4.25. The first kappa shape index (κ1) is 10.9. The Kier molecular flexibility index (Phi) is 3.02. The SMILES string of the molecule is c1ccc(CNCc2ccc3nn[nH]c3c2)cc1. The smallest absolute Gasteiger partial charge is 0.112 e. The number of H-pyrrole nitrogens is 1. The van der Waals surface area contributed by atoms with E-state index in [1.54, 1.807) is 0 Å². The Hall–Kier alpha value is -2.20. The van der Waals surface area contributed by atoms with Crippen molar-refractivity contribution < 1.29 is 0 Å². The Morgan fingerprint density at radius 2 is 1.78 bits per heavy atom. The van der Waals surface area contributed by atoms with Crippen LogP contribution >= 0.6 is 0 Å². The number of hydrogen-bond acceptors (Lipinski definition) is 3. The van der Waals surface area contributed by atoms with Crippen LogP contribution in [0.1, 0.15) is 11.1 Å². The van der Waals surface area contributed by atoms with E-state index < -0.39 is 0 Å². The number of aromatic amines is 1. The number of hydrogen-bond donors (Lipinski definition) is 2. The van der Waals surface area contributed by atoms with Gasteiger partial charge in [-0.05, 0) is 23.3 Å². The molecule has 0 aliphatic heterocycles. The van der Waals surface area contributed by atoms with Crippen molar-refractivity contribution >= 4 is 11.0 Å². The highest BCUT2D eigenvalue weighted by Gasteiger charge is 1.99. The van der Waals surface area contributed by atoms with Crippen LogP contribution in [0.5, 0.6) is 0 Å². The zero-order chi connectivity index (χ0) is 12.2. The van der Waals surface area contributed by atoms with Crippen molar-refractivity contribution in [3.8, 4) is 0 Å². The average Bonchev–Trinajstić information content (AvgIpc) is 2.87. The van der Waals surface area contributed by atoms with Crippen molar-refractivity contribution in [1.29, 1.82) is 0 Å². The van der Waals surface area contributed by atoms with Gasteiger partial charge in [0.05, 0.1) is 5.52 Å². The minimum atomic E-state index is 0.837. The number of rotatable bonds is 4. The molecule has 3 aromatic rings. The van der Waals surface area contributed by atoms with Crippen LogP contribution in [-0.4, -0.2) is 15.4 Å². The molecule has 1 aromatic heterocycles. The summed E-state index contributed by atoms with van der Waals surface area (Å²) in [6.07, 6.45) is 0.